The molecule has 5 aromatic rings. The van der Waals surface area contributed by atoms with Crippen molar-refractivity contribution < 1.29 is 0 Å². The van der Waals surface area contributed by atoms with Gasteiger partial charge in [-0.05, 0) is 260 Å². The van der Waals surface area contributed by atoms with E-state index in [-0.39, 0.29) is 0 Å². The van der Waals surface area contributed by atoms with E-state index in [1.54, 1.807) is 0 Å². The minimum atomic E-state index is 1.24. The molecule has 0 unspecified atom stereocenters. The van der Waals surface area contributed by atoms with Crippen molar-refractivity contribution >= 4 is 113 Å². The van der Waals surface area contributed by atoms with E-state index < -0.39 is 0 Å². The molecular weight excluding hydrogens is 995 g/mol. The van der Waals surface area contributed by atoms with Gasteiger partial charge in [0.05, 0.1) is 0 Å². The summed E-state index contributed by atoms with van der Waals surface area (Å²) in [5.41, 5.74) is 12.5. The highest BCUT2D eigenvalue weighted by Crippen LogP contribution is 2.38. The molecule has 0 fully saturated rings. The summed E-state index contributed by atoms with van der Waals surface area (Å²) in [6.45, 7) is 0. The number of benzene rings is 5. The summed E-state index contributed by atoms with van der Waals surface area (Å²) in [7, 11) is 0. The first-order valence-electron chi connectivity index (χ1n) is 10.9. The van der Waals surface area contributed by atoms with Crippen LogP contribution in [-0.4, -0.2) is 0 Å². The smallest absolute Gasteiger partial charge is 0.0142 e. The molecule has 10 bridgehead atoms. The van der Waals surface area contributed by atoms with Crippen LogP contribution < -0.4 is 0 Å². The maximum atomic E-state index is 2.45. The molecule has 0 aromatic heterocycles. The van der Waals surface area contributed by atoms with Crippen molar-refractivity contribution in [1.29, 1.82) is 0 Å². The first-order valence-corrected chi connectivity index (χ1v) is 16.2. The van der Waals surface area contributed by atoms with Crippen LogP contribution in [0.4, 0.5) is 0 Å². The van der Waals surface area contributed by atoms with Gasteiger partial charge in [-0.2, -0.15) is 0 Å². The highest BCUT2D eigenvalue weighted by molar-refractivity contribution is 14.1. The molecule has 1 aliphatic carbocycles. The van der Waals surface area contributed by atoms with Crippen LogP contribution >= 0.6 is 113 Å². The summed E-state index contributed by atoms with van der Waals surface area (Å²) >= 11 is 12.3. The summed E-state index contributed by atoms with van der Waals surface area (Å²) in [5.74, 6) is 0. The molecule has 0 aliphatic heterocycles. The third-order valence-corrected chi connectivity index (χ3v) is 9.27. The van der Waals surface area contributed by atoms with Crippen molar-refractivity contribution in [1.82, 2.24) is 0 Å². The average molecular weight is 1010 g/mol. The molecule has 35 heavy (non-hydrogen) atoms. The molecule has 6 rings (SSSR count). The topological polar surface area (TPSA) is 0 Å². The average Bonchev–Trinajstić information content (AvgIpc) is 2.81. The van der Waals surface area contributed by atoms with Gasteiger partial charge in [0.2, 0.25) is 0 Å². The van der Waals surface area contributed by atoms with Gasteiger partial charge in [-0.3, -0.25) is 0 Å². The molecule has 1 aliphatic rings. The summed E-state index contributed by atoms with van der Waals surface area (Å²) in [6, 6.07) is 34.6. The summed E-state index contributed by atoms with van der Waals surface area (Å²) < 4.78 is 6.22. The second-order valence-electron chi connectivity index (χ2n) is 8.64. The Morgan fingerprint density at radius 2 is 0.314 bits per heavy atom. The van der Waals surface area contributed by atoms with E-state index in [2.05, 4.69) is 204 Å². The minimum absolute atomic E-state index is 1.24. The lowest BCUT2D eigenvalue weighted by Gasteiger charge is -2.12. The fourth-order valence-corrected chi connectivity index (χ4v) is 7.97. The number of hydrogen-bond donors (Lipinski definition) is 0. The maximum absolute atomic E-state index is 2.45. The number of rotatable bonds is 0. The Morgan fingerprint density at radius 1 is 0.200 bits per heavy atom. The molecule has 5 aromatic carbocycles. The molecule has 0 saturated carbocycles. The van der Waals surface area contributed by atoms with Crippen LogP contribution in [0.3, 0.4) is 0 Å². The predicted molar refractivity (Wildman–Crippen MR) is 191 cm³/mol. The molecule has 0 radical (unpaired) electrons. The number of halogens is 5. The van der Waals surface area contributed by atoms with E-state index in [1.807, 2.05) is 0 Å². The predicted octanol–water partition coefficient (Wildman–Crippen LogP) is 11.4. The van der Waals surface area contributed by atoms with Crippen molar-refractivity contribution in [3.05, 3.63) is 109 Å². The molecule has 170 valence electrons. The Labute approximate surface area is 273 Å². The zero-order valence-corrected chi connectivity index (χ0v) is 28.8. The van der Waals surface area contributed by atoms with Crippen LogP contribution in [0.15, 0.2) is 91.0 Å². The van der Waals surface area contributed by atoms with Gasteiger partial charge in [0.15, 0.2) is 0 Å². The van der Waals surface area contributed by atoms with Gasteiger partial charge < -0.3 is 0 Å². The van der Waals surface area contributed by atoms with E-state index in [9.17, 15) is 0 Å². The minimum Gasteiger partial charge on any atom is -0.0464 e. The van der Waals surface area contributed by atoms with Gasteiger partial charge in [0.25, 0.3) is 0 Å². The van der Waals surface area contributed by atoms with Gasteiger partial charge in [0, 0.05) is 17.9 Å². The molecular formula is C30H15I5. The molecule has 5 heteroatoms. The van der Waals surface area contributed by atoms with Gasteiger partial charge in [-0.1, -0.05) is 0 Å². The highest BCUT2D eigenvalue weighted by Gasteiger charge is 2.13. The molecule has 0 heterocycles. The van der Waals surface area contributed by atoms with E-state index in [0.717, 1.165) is 0 Å². The quantitative estimate of drug-likeness (QED) is 0.133. The third kappa shape index (κ3) is 5.35. The zero-order valence-electron chi connectivity index (χ0n) is 18.1. The van der Waals surface area contributed by atoms with E-state index in [1.165, 1.54) is 73.5 Å². The lowest BCUT2D eigenvalue weighted by atomic mass is 9.95. The van der Waals surface area contributed by atoms with E-state index in [4.69, 9.17) is 0 Å². The Kier molecular flexibility index (Phi) is 7.26. The first kappa shape index (κ1) is 25.1. The van der Waals surface area contributed by atoms with Crippen molar-refractivity contribution in [2.45, 2.75) is 0 Å². The highest BCUT2D eigenvalue weighted by atomic mass is 127. The van der Waals surface area contributed by atoms with Crippen LogP contribution in [0, 0.1) is 17.9 Å². The van der Waals surface area contributed by atoms with Crippen LogP contribution in [0.5, 0.6) is 0 Å². The maximum Gasteiger partial charge on any atom is 0.0142 e. The van der Waals surface area contributed by atoms with Crippen molar-refractivity contribution in [3.8, 4) is 55.6 Å². The number of fused-ring (bicyclic) bond motifs is 15. The van der Waals surface area contributed by atoms with Gasteiger partial charge in [-0.25, -0.2) is 0 Å². The largest absolute Gasteiger partial charge is 0.0464 e. The van der Waals surface area contributed by atoms with Crippen molar-refractivity contribution in [2.75, 3.05) is 0 Å². The standard InChI is InChI=1S/C30H15I5/c31-26-6-16-1-17(7-26)19-3-21(11-28(33)9-19)23-5-25(15-30(35)13-23)24-4-22(12-29(34)14-24)20-2-18(16)8-27(32)10-20/h1-15H. The molecule has 0 atom stereocenters. The van der Waals surface area contributed by atoms with E-state index >= 15 is 0 Å². The lowest BCUT2D eigenvalue weighted by molar-refractivity contribution is 1.53. The summed E-state index contributed by atoms with van der Waals surface area (Å²) in [4.78, 5) is 0. The molecule has 0 saturated heterocycles. The Morgan fingerprint density at radius 3 is 0.429 bits per heavy atom. The fourth-order valence-electron chi connectivity index (χ4n) is 4.61. The van der Waals surface area contributed by atoms with E-state index in [0.29, 0.717) is 0 Å². The Hall–Kier alpha value is -0.250. The second-order valence-corrected chi connectivity index (χ2v) is 14.9. The zero-order chi connectivity index (χ0) is 24.3. The van der Waals surface area contributed by atoms with Crippen molar-refractivity contribution in [3.63, 3.8) is 0 Å². The Bertz CT molecular complexity index is 1260. The number of hydrogen-bond acceptors (Lipinski definition) is 0. The first-order chi connectivity index (χ1) is 16.8. The van der Waals surface area contributed by atoms with Crippen LogP contribution in [0.25, 0.3) is 55.6 Å². The Balaban J connectivity index is 1.75. The second kappa shape index (κ2) is 10.1. The fraction of sp³-hybridized carbons (Fsp3) is 0. The molecule has 0 nitrogen and oxygen atoms in total. The van der Waals surface area contributed by atoms with Gasteiger partial charge in [-0.15, -0.1) is 0 Å². The van der Waals surface area contributed by atoms with Crippen LogP contribution in [0.2, 0.25) is 0 Å². The lowest BCUT2D eigenvalue weighted by Crippen LogP contribution is -1.89. The normalized spacial score (nSPS) is 11.6. The molecule has 0 amide bonds. The monoisotopic (exact) mass is 1010 g/mol. The van der Waals surface area contributed by atoms with Gasteiger partial charge >= 0.3 is 0 Å². The summed E-state index contributed by atoms with van der Waals surface area (Å²) in [6.07, 6.45) is 0. The third-order valence-electron chi connectivity index (χ3n) is 6.16. The van der Waals surface area contributed by atoms with Crippen molar-refractivity contribution in [2.24, 2.45) is 0 Å². The van der Waals surface area contributed by atoms with Gasteiger partial charge in [0.1, 0.15) is 0 Å². The van der Waals surface area contributed by atoms with Crippen LogP contribution in [0.1, 0.15) is 0 Å². The molecule has 0 N–H and O–H groups in total. The SMILES string of the molecule is Ic1cc2cc(c1)-c1cc(I)cc(c1)-c1cc(I)cc(c1)-c1cc(I)cc(c1)-c1cc(I)cc-2c1. The van der Waals surface area contributed by atoms with Crippen LogP contribution in [-0.2, 0) is 0 Å². The molecule has 0 spiro atoms. The summed E-state index contributed by atoms with van der Waals surface area (Å²) in [5, 5.41) is 0.